The van der Waals surface area contributed by atoms with E-state index in [-0.39, 0.29) is 75.5 Å². The van der Waals surface area contributed by atoms with Crippen molar-refractivity contribution >= 4 is 79.4 Å². The predicted molar refractivity (Wildman–Crippen MR) is 287 cm³/mol. The number of anilines is 1. The number of nitrogens with two attached hydrogens (primary N) is 1. The summed E-state index contributed by atoms with van der Waals surface area (Å²) in [6.07, 6.45) is 7.08. The molecule has 5 aromatic heterocycles. The van der Waals surface area contributed by atoms with Gasteiger partial charge in [-0.3, -0.25) is 33.6 Å². The zero-order valence-corrected chi connectivity index (χ0v) is 44.4. The summed E-state index contributed by atoms with van der Waals surface area (Å²) in [4.78, 5) is 97.8. The molecule has 3 aromatic carbocycles. The van der Waals surface area contributed by atoms with Crippen molar-refractivity contribution in [3.05, 3.63) is 175 Å². The largest absolute Gasteiger partial charge is 0.347 e. The molecule has 0 fully saturated rings. The number of amides is 5. The SMILES string of the molecule is CC(=O)c1ccc2c(c1C)CC[C@@H]2NC(=O)c1cc(C(=O)NCc2ccc(S(N)(=O)=O)s2)nc2ccnn12.CC(=O)c1ccc2c(c1C)CC[C@@H]2NC(=O)c1cc(C(=O)NCc2ccc3c(c2)NC(=O)CC3)nc2ccnn12. The molecule has 0 bridgehead atoms. The van der Waals surface area contributed by atoms with Gasteiger partial charge >= 0.3 is 0 Å². The molecule has 0 unspecified atom stereocenters. The molecule has 6 heterocycles. The van der Waals surface area contributed by atoms with Crippen LogP contribution in [0.5, 0.6) is 0 Å². The second-order valence-corrected chi connectivity index (χ2v) is 22.2. The molecule has 23 heteroatoms. The number of benzene rings is 3. The van der Waals surface area contributed by atoms with E-state index in [0.29, 0.717) is 53.0 Å². The number of sulfonamides is 1. The Morgan fingerprint density at radius 3 is 1.68 bits per heavy atom. The van der Waals surface area contributed by atoms with E-state index < -0.39 is 27.7 Å². The highest BCUT2D eigenvalue weighted by atomic mass is 32.2. The summed E-state index contributed by atoms with van der Waals surface area (Å²) >= 11 is 0.959. The lowest BCUT2D eigenvalue weighted by molar-refractivity contribution is -0.116. The van der Waals surface area contributed by atoms with Gasteiger partial charge in [0.2, 0.25) is 15.9 Å². The third-order valence-corrected chi connectivity index (χ3v) is 16.8. The van der Waals surface area contributed by atoms with Crippen molar-refractivity contribution in [2.75, 3.05) is 5.32 Å². The van der Waals surface area contributed by atoms with Gasteiger partial charge in [-0.1, -0.05) is 36.4 Å². The van der Waals surface area contributed by atoms with Gasteiger partial charge in [0, 0.05) is 58.9 Å². The first-order chi connectivity index (χ1) is 37.3. The minimum absolute atomic E-state index is 0.000656. The Labute approximate surface area is 450 Å². The van der Waals surface area contributed by atoms with E-state index in [4.69, 9.17) is 5.14 Å². The topological polar surface area (TPSA) is 300 Å². The van der Waals surface area contributed by atoms with Crippen LogP contribution >= 0.6 is 11.3 Å². The highest BCUT2D eigenvalue weighted by molar-refractivity contribution is 7.91. The van der Waals surface area contributed by atoms with Gasteiger partial charge in [0.1, 0.15) is 27.0 Å². The lowest BCUT2D eigenvalue weighted by Gasteiger charge is -2.18. The first-order valence-electron chi connectivity index (χ1n) is 25.0. The molecular formula is C55H52N12O9S2. The molecule has 2 atom stereocenters. The molecule has 398 valence electrons. The van der Waals surface area contributed by atoms with Crippen molar-refractivity contribution in [1.29, 1.82) is 0 Å². The Bertz CT molecular complexity index is 3960. The first kappa shape index (κ1) is 52.6. The summed E-state index contributed by atoms with van der Waals surface area (Å²) in [5.74, 6) is -1.75. The number of hydrogen-bond donors (Lipinski definition) is 6. The van der Waals surface area contributed by atoms with Crippen LogP contribution in [0.3, 0.4) is 0 Å². The van der Waals surface area contributed by atoms with E-state index in [1.54, 1.807) is 31.2 Å². The van der Waals surface area contributed by atoms with Crippen LogP contribution in [-0.2, 0) is 47.2 Å². The van der Waals surface area contributed by atoms with Crippen molar-refractivity contribution in [2.24, 2.45) is 5.14 Å². The summed E-state index contributed by atoms with van der Waals surface area (Å²) in [6.45, 7) is 7.26. The van der Waals surface area contributed by atoms with Crippen molar-refractivity contribution in [2.45, 2.75) is 95.6 Å². The van der Waals surface area contributed by atoms with E-state index in [2.05, 4.69) is 46.7 Å². The average molecular weight is 1090 g/mol. The van der Waals surface area contributed by atoms with Crippen LogP contribution in [0.2, 0.25) is 0 Å². The number of Topliss-reactive ketones (excluding diaryl/α,β-unsaturated/α-hetero) is 2. The zero-order chi connectivity index (χ0) is 55.2. The molecule has 1 aliphatic heterocycles. The summed E-state index contributed by atoms with van der Waals surface area (Å²) in [7, 11) is -3.82. The maximum absolute atomic E-state index is 13.5. The van der Waals surface area contributed by atoms with Gasteiger partial charge in [-0.25, -0.2) is 32.6 Å². The van der Waals surface area contributed by atoms with Crippen molar-refractivity contribution < 1.29 is 42.0 Å². The number of primary sulfonamides is 1. The van der Waals surface area contributed by atoms with Crippen LogP contribution < -0.4 is 31.7 Å². The number of rotatable bonds is 13. The van der Waals surface area contributed by atoms with Gasteiger partial charge in [-0.2, -0.15) is 10.2 Å². The number of thiophene rings is 1. The number of nitrogens with one attached hydrogen (secondary N) is 5. The van der Waals surface area contributed by atoms with E-state index >= 15 is 0 Å². The van der Waals surface area contributed by atoms with E-state index in [1.807, 2.05) is 50.2 Å². The molecule has 0 radical (unpaired) electrons. The monoisotopic (exact) mass is 1090 g/mol. The number of carbonyl (C=O) groups excluding carboxylic acids is 7. The van der Waals surface area contributed by atoms with E-state index in [1.165, 1.54) is 46.5 Å². The number of nitrogens with zero attached hydrogens (tertiary/aromatic N) is 6. The van der Waals surface area contributed by atoms with E-state index in [9.17, 15) is 42.0 Å². The molecule has 3 aliphatic rings. The van der Waals surface area contributed by atoms with Crippen LogP contribution in [0, 0.1) is 13.8 Å². The predicted octanol–water partition coefficient (Wildman–Crippen LogP) is 5.77. The van der Waals surface area contributed by atoms with Gasteiger partial charge in [0.15, 0.2) is 22.9 Å². The van der Waals surface area contributed by atoms with Gasteiger partial charge in [-0.05, 0) is 123 Å². The Kier molecular flexibility index (Phi) is 14.4. The molecule has 7 N–H and O–H groups in total. The fraction of sp³-hybridized carbons (Fsp3) is 0.255. The molecule has 0 spiro atoms. The molecule has 0 saturated heterocycles. The lowest BCUT2D eigenvalue weighted by atomic mass is 9.96. The number of fused-ring (bicyclic) bond motifs is 5. The zero-order valence-electron chi connectivity index (χ0n) is 42.7. The maximum Gasteiger partial charge on any atom is 0.270 e. The van der Waals surface area contributed by atoms with Gasteiger partial charge in [-0.15, -0.1) is 11.3 Å². The van der Waals surface area contributed by atoms with Crippen LogP contribution in [0.15, 0.2) is 95.5 Å². The number of aryl methyl sites for hydroxylation is 1. The highest BCUT2D eigenvalue weighted by Crippen LogP contribution is 2.37. The van der Waals surface area contributed by atoms with Crippen molar-refractivity contribution in [3.63, 3.8) is 0 Å². The molecule has 5 amide bonds. The molecule has 0 saturated carbocycles. The quantitative estimate of drug-likeness (QED) is 0.0749. The molecule has 2 aliphatic carbocycles. The van der Waals surface area contributed by atoms with Gasteiger partial charge in [0.05, 0.1) is 31.0 Å². The fourth-order valence-electron chi connectivity index (χ4n) is 10.3. The Balaban J connectivity index is 0.000000177. The van der Waals surface area contributed by atoms with Gasteiger partial charge < -0.3 is 26.6 Å². The second kappa shape index (κ2) is 21.3. The highest BCUT2D eigenvalue weighted by Gasteiger charge is 2.31. The minimum atomic E-state index is -3.82. The van der Waals surface area contributed by atoms with E-state index in [0.717, 1.165) is 74.4 Å². The maximum atomic E-state index is 13.5. The standard InChI is InChI=1S/C30H28N6O4.C25H24N6O5S2/c1-16-20(17(2)37)6-7-22-21(16)8-9-23(22)35-30(40)26-14-25(33-27-11-12-32-36(26)27)29(39)31-15-18-3-4-19-5-10-28(38)34-24(19)13-18;1-13-16(14(2)32)4-5-18-17(13)6-7-19(18)30-25(34)21-11-20(29-22-9-10-28-31(21)22)24(33)27-12-15-3-8-23(37-15)38(26,35)36/h3-4,6-7,11-14,23H,5,8-10,15H2,1-2H3,(H,31,39)(H,34,38)(H,35,40);3-5,8-11,19H,6-7,12H2,1-2H3,(H,27,33)(H,30,34)(H2,26,35,36)/t23-;19-/m00/s1. The second-order valence-electron chi connectivity index (χ2n) is 19.3. The Hall–Kier alpha value is -8.80. The normalized spacial score (nSPS) is 15.3. The summed E-state index contributed by atoms with van der Waals surface area (Å²) in [5, 5.41) is 28.1. The number of carbonyl (C=O) groups is 7. The Morgan fingerprint density at radius 1 is 0.654 bits per heavy atom. The third-order valence-electron chi connectivity index (χ3n) is 14.3. The molecule has 8 aromatic rings. The number of aromatic nitrogens is 6. The average Bonchev–Trinajstić information content (AvgIpc) is 4.28. The fourth-order valence-corrected chi connectivity index (χ4v) is 12.1. The molecule has 21 nitrogen and oxygen atoms in total. The van der Waals surface area contributed by atoms with Crippen molar-refractivity contribution in [1.82, 2.24) is 50.5 Å². The number of hydrogen-bond acceptors (Lipinski definition) is 14. The molecule has 11 rings (SSSR count). The lowest BCUT2D eigenvalue weighted by Crippen LogP contribution is -2.30. The summed E-state index contributed by atoms with van der Waals surface area (Å²) in [5.41, 5.74) is 11.2. The molecular weight excluding hydrogens is 1040 g/mol. The van der Waals surface area contributed by atoms with Crippen LogP contribution in [0.25, 0.3) is 11.3 Å². The number of ketones is 2. The third kappa shape index (κ3) is 10.7. The molecule has 78 heavy (non-hydrogen) atoms. The smallest absolute Gasteiger partial charge is 0.270 e. The first-order valence-corrected chi connectivity index (χ1v) is 27.3. The Morgan fingerprint density at radius 2 is 1.18 bits per heavy atom. The van der Waals surface area contributed by atoms with Crippen LogP contribution in [0.4, 0.5) is 5.69 Å². The minimum Gasteiger partial charge on any atom is -0.347 e. The van der Waals surface area contributed by atoms with Crippen molar-refractivity contribution in [3.8, 4) is 0 Å². The summed E-state index contributed by atoms with van der Waals surface area (Å²) in [6, 6.07) is 21.7. The van der Waals surface area contributed by atoms with Crippen LogP contribution in [0.1, 0.15) is 157 Å². The van der Waals surface area contributed by atoms with Gasteiger partial charge in [0.25, 0.3) is 23.6 Å². The van der Waals surface area contributed by atoms with Crippen LogP contribution in [-0.4, -0.2) is 78.7 Å². The summed E-state index contributed by atoms with van der Waals surface area (Å²) < 4.78 is 25.8.